The first kappa shape index (κ1) is 22.7. The van der Waals surface area contributed by atoms with Crippen LogP contribution in [0, 0.1) is 13.8 Å². The minimum atomic E-state index is -0.687. The number of anilines is 1. The van der Waals surface area contributed by atoms with Gasteiger partial charge in [-0.3, -0.25) is 14.4 Å². The van der Waals surface area contributed by atoms with E-state index in [4.69, 9.17) is 24.6 Å². The van der Waals surface area contributed by atoms with E-state index in [0.717, 1.165) is 31.2 Å². The third-order valence-corrected chi connectivity index (χ3v) is 6.86. The molecule has 5 rings (SSSR count). The lowest BCUT2D eigenvalue weighted by atomic mass is 9.92. The van der Waals surface area contributed by atoms with Crippen LogP contribution in [0.15, 0.2) is 21.3 Å². The lowest BCUT2D eigenvalue weighted by Crippen LogP contribution is -2.31. The second-order valence-electron chi connectivity index (χ2n) is 9.18. The first-order valence-electron chi connectivity index (χ1n) is 11.9. The summed E-state index contributed by atoms with van der Waals surface area (Å²) in [5, 5.41) is 0. The van der Waals surface area contributed by atoms with Crippen molar-refractivity contribution < 1.29 is 23.5 Å². The van der Waals surface area contributed by atoms with E-state index in [1.807, 2.05) is 6.92 Å². The van der Waals surface area contributed by atoms with Crippen LogP contribution in [0.5, 0.6) is 0 Å². The molecule has 0 spiro atoms. The van der Waals surface area contributed by atoms with Gasteiger partial charge in [-0.25, -0.2) is 4.98 Å². The Kier molecular flexibility index (Phi) is 5.95. The second kappa shape index (κ2) is 8.92. The van der Waals surface area contributed by atoms with Crippen LogP contribution in [-0.2, 0) is 9.47 Å². The fraction of sp³-hybridized carbons (Fsp3) is 0.462. The van der Waals surface area contributed by atoms with Crippen molar-refractivity contribution in [3.63, 3.8) is 0 Å². The molecule has 2 atom stereocenters. The molecule has 1 aliphatic carbocycles. The number of carbonyl (C=O) groups excluding carboxylic acids is 2. The summed E-state index contributed by atoms with van der Waals surface area (Å²) in [5.41, 5.74) is 7.90. The molecule has 2 N–H and O–H groups in total. The van der Waals surface area contributed by atoms with Gasteiger partial charge in [-0.15, -0.1) is 0 Å². The molecule has 0 radical (unpaired) electrons. The SMILES string of the molecule is Cc1c2oc3c(C)ccc(C(=O)C4CCCCO4)c3nc-2c(C(=O)C2CCCCO2)c(N)c1=O. The highest BCUT2D eigenvalue weighted by molar-refractivity contribution is 6.11. The molecule has 4 aliphatic rings. The topological polar surface area (TPSA) is 122 Å². The van der Waals surface area contributed by atoms with Crippen LogP contribution in [0.25, 0.3) is 22.6 Å². The molecule has 0 bridgehead atoms. The number of aryl methyl sites for hydroxylation is 1. The molecule has 0 aromatic heterocycles. The zero-order valence-corrected chi connectivity index (χ0v) is 19.4. The largest absolute Gasteiger partial charge is 0.452 e. The van der Waals surface area contributed by atoms with Gasteiger partial charge in [-0.05, 0) is 64.0 Å². The molecular formula is C26H28N2O6. The lowest BCUT2D eigenvalue weighted by Gasteiger charge is -2.24. The maximum atomic E-state index is 13.5. The molecule has 8 heteroatoms. The molecule has 178 valence electrons. The number of nitrogens with two attached hydrogens (primary N) is 1. The van der Waals surface area contributed by atoms with Crippen molar-refractivity contribution in [3.8, 4) is 11.5 Å². The molecule has 1 aromatic carbocycles. The van der Waals surface area contributed by atoms with Crippen molar-refractivity contribution in [1.82, 2.24) is 4.98 Å². The molecule has 2 unspecified atom stereocenters. The third kappa shape index (κ3) is 3.71. The van der Waals surface area contributed by atoms with Crippen LogP contribution in [0.2, 0.25) is 0 Å². The molecule has 8 nitrogen and oxygen atoms in total. The summed E-state index contributed by atoms with van der Waals surface area (Å²) in [4.78, 5) is 44.5. The van der Waals surface area contributed by atoms with Crippen LogP contribution in [-0.4, -0.2) is 42.0 Å². The Bertz CT molecular complexity index is 1320. The Morgan fingerprint density at radius 1 is 0.971 bits per heavy atom. The van der Waals surface area contributed by atoms with Gasteiger partial charge in [0.05, 0.1) is 11.3 Å². The molecule has 1 aromatic rings. The maximum Gasteiger partial charge on any atom is 0.208 e. The van der Waals surface area contributed by atoms with Crippen molar-refractivity contribution in [1.29, 1.82) is 0 Å². The van der Waals surface area contributed by atoms with Gasteiger partial charge >= 0.3 is 0 Å². The van der Waals surface area contributed by atoms with Gasteiger partial charge in [0, 0.05) is 24.3 Å². The zero-order chi connectivity index (χ0) is 24.0. The Morgan fingerprint density at radius 2 is 1.62 bits per heavy atom. The molecular weight excluding hydrogens is 436 g/mol. The summed E-state index contributed by atoms with van der Waals surface area (Å²) >= 11 is 0. The van der Waals surface area contributed by atoms with Crippen LogP contribution >= 0.6 is 0 Å². The Labute approximate surface area is 196 Å². The number of carbonyl (C=O) groups is 2. The highest BCUT2D eigenvalue weighted by Gasteiger charge is 2.34. The average molecular weight is 465 g/mol. The Morgan fingerprint density at radius 3 is 2.24 bits per heavy atom. The monoisotopic (exact) mass is 464 g/mol. The Hall–Kier alpha value is -3.10. The van der Waals surface area contributed by atoms with E-state index in [0.29, 0.717) is 42.7 Å². The number of ketones is 2. The Balaban J connectivity index is 1.75. The summed E-state index contributed by atoms with van der Waals surface area (Å²) < 4.78 is 17.6. The minimum Gasteiger partial charge on any atom is -0.452 e. The van der Waals surface area contributed by atoms with E-state index in [2.05, 4.69) is 0 Å². The predicted octanol–water partition coefficient (Wildman–Crippen LogP) is 4.00. The van der Waals surface area contributed by atoms with E-state index in [1.54, 1.807) is 19.1 Å². The summed E-state index contributed by atoms with van der Waals surface area (Å²) in [5.74, 6) is -0.342. The van der Waals surface area contributed by atoms with Gasteiger partial charge in [-0.2, -0.15) is 0 Å². The van der Waals surface area contributed by atoms with Crippen LogP contribution < -0.4 is 11.2 Å². The quantitative estimate of drug-likeness (QED) is 0.349. The fourth-order valence-electron chi connectivity index (χ4n) is 4.87. The van der Waals surface area contributed by atoms with Gasteiger partial charge in [-0.1, -0.05) is 6.07 Å². The number of Topliss-reactive ketones (excluding diaryl/α,β-unsaturated/α-hetero) is 2. The summed E-state index contributed by atoms with van der Waals surface area (Å²) in [6, 6.07) is 3.51. The average Bonchev–Trinajstić information content (AvgIpc) is 2.87. The molecule has 3 aliphatic heterocycles. The maximum absolute atomic E-state index is 13.5. The lowest BCUT2D eigenvalue weighted by molar-refractivity contribution is 0.0187. The normalized spacial score (nSPS) is 21.1. The van der Waals surface area contributed by atoms with E-state index in [-0.39, 0.29) is 39.8 Å². The van der Waals surface area contributed by atoms with Crippen molar-refractivity contribution >= 4 is 28.4 Å². The first-order chi connectivity index (χ1) is 16.4. The summed E-state index contributed by atoms with van der Waals surface area (Å²) in [6.45, 7) is 4.47. The molecule has 2 fully saturated rings. The second-order valence-corrected chi connectivity index (χ2v) is 9.18. The van der Waals surface area contributed by atoms with Crippen LogP contribution in [0.3, 0.4) is 0 Å². The van der Waals surface area contributed by atoms with Crippen LogP contribution in [0.4, 0.5) is 5.69 Å². The molecule has 34 heavy (non-hydrogen) atoms. The van der Waals surface area contributed by atoms with Gasteiger partial charge in [0.2, 0.25) is 5.43 Å². The summed E-state index contributed by atoms with van der Waals surface area (Å²) in [7, 11) is 0. The van der Waals surface area contributed by atoms with Gasteiger partial charge in [0.1, 0.15) is 23.4 Å². The van der Waals surface area contributed by atoms with Gasteiger partial charge in [0.25, 0.3) is 0 Å². The number of nitrogen functional groups attached to an aromatic ring is 1. The van der Waals surface area contributed by atoms with Crippen molar-refractivity contribution in [2.75, 3.05) is 18.9 Å². The number of hydrogen-bond donors (Lipinski definition) is 1. The number of hydrogen-bond acceptors (Lipinski definition) is 8. The standard InChI is InChI=1S/C26H28N2O6/c1-13-9-10-15(23(30)16-7-3-5-11-32-16)20-25(13)34-26-14(2)22(29)19(27)18(21(26)28-20)24(31)17-8-4-6-12-33-17/h9-10,16-17H,3-8,11-12,27H2,1-2H3. The van der Waals surface area contributed by atoms with E-state index >= 15 is 0 Å². The fourth-order valence-corrected chi connectivity index (χ4v) is 4.87. The smallest absolute Gasteiger partial charge is 0.208 e. The number of aromatic nitrogens is 1. The van der Waals surface area contributed by atoms with Crippen molar-refractivity contribution in [2.45, 2.75) is 64.6 Å². The number of ether oxygens (including phenoxy) is 2. The van der Waals surface area contributed by atoms with E-state index < -0.39 is 17.6 Å². The first-order valence-corrected chi connectivity index (χ1v) is 11.9. The number of benzene rings is 2. The third-order valence-electron chi connectivity index (χ3n) is 6.86. The zero-order valence-electron chi connectivity index (χ0n) is 19.4. The molecule has 3 heterocycles. The summed E-state index contributed by atoms with van der Waals surface area (Å²) in [6.07, 6.45) is 3.56. The molecule has 0 saturated carbocycles. The minimum absolute atomic E-state index is 0.0111. The molecule has 2 saturated heterocycles. The highest BCUT2D eigenvalue weighted by Crippen LogP contribution is 2.36. The number of fused-ring (bicyclic) bond motifs is 2. The molecule has 0 amide bonds. The van der Waals surface area contributed by atoms with E-state index in [9.17, 15) is 14.4 Å². The highest BCUT2D eigenvalue weighted by atomic mass is 16.5. The van der Waals surface area contributed by atoms with E-state index in [1.165, 1.54) is 0 Å². The number of rotatable bonds is 4. The van der Waals surface area contributed by atoms with Crippen LogP contribution in [0.1, 0.15) is 70.4 Å². The van der Waals surface area contributed by atoms with Gasteiger partial charge < -0.3 is 19.6 Å². The van der Waals surface area contributed by atoms with Crippen molar-refractivity contribution in [2.24, 2.45) is 0 Å². The predicted molar refractivity (Wildman–Crippen MR) is 127 cm³/mol. The van der Waals surface area contributed by atoms with Gasteiger partial charge in [0.15, 0.2) is 22.9 Å². The number of nitrogens with zero attached hydrogens (tertiary/aromatic N) is 1. The van der Waals surface area contributed by atoms with Crippen molar-refractivity contribution in [3.05, 3.63) is 44.6 Å².